The minimum atomic E-state index is 0.424. The van der Waals surface area contributed by atoms with Crippen LogP contribution in [0.1, 0.15) is 46.0 Å². The van der Waals surface area contributed by atoms with Gasteiger partial charge < -0.3 is 15.6 Å². The van der Waals surface area contributed by atoms with Crippen molar-refractivity contribution in [2.45, 2.75) is 52.0 Å². The van der Waals surface area contributed by atoms with E-state index in [4.69, 9.17) is 0 Å². The zero-order valence-corrected chi connectivity index (χ0v) is 12.8. The van der Waals surface area contributed by atoms with Crippen molar-refractivity contribution in [2.75, 3.05) is 17.2 Å². The first-order chi connectivity index (χ1) is 10.3. The molecule has 1 saturated carbocycles. The highest BCUT2D eigenvalue weighted by molar-refractivity contribution is 5.83. The van der Waals surface area contributed by atoms with Crippen LogP contribution in [0.5, 0.6) is 0 Å². The Morgan fingerprint density at radius 3 is 2.90 bits per heavy atom. The predicted molar refractivity (Wildman–Crippen MR) is 85.5 cm³/mol. The van der Waals surface area contributed by atoms with E-state index in [2.05, 4.69) is 44.4 Å². The summed E-state index contributed by atoms with van der Waals surface area (Å²) in [6, 6.07) is 0.424. The molecule has 0 aromatic carbocycles. The van der Waals surface area contributed by atoms with E-state index in [-0.39, 0.29) is 0 Å². The number of H-pyrrole nitrogens is 1. The Bertz CT molecular complexity index is 587. The Morgan fingerprint density at radius 1 is 1.33 bits per heavy atom. The van der Waals surface area contributed by atoms with Crippen LogP contribution in [0.15, 0.2) is 6.33 Å². The molecule has 1 fully saturated rings. The smallest absolute Gasteiger partial charge is 0.226 e. The van der Waals surface area contributed by atoms with Gasteiger partial charge in [0.1, 0.15) is 5.52 Å². The molecular weight excluding hydrogens is 264 g/mol. The summed E-state index contributed by atoms with van der Waals surface area (Å²) in [5.41, 5.74) is 1.60. The third-order valence-corrected chi connectivity index (χ3v) is 4.29. The molecule has 21 heavy (non-hydrogen) atoms. The van der Waals surface area contributed by atoms with Crippen LogP contribution in [0.25, 0.3) is 11.2 Å². The van der Waals surface area contributed by atoms with E-state index >= 15 is 0 Å². The molecule has 0 amide bonds. The molecule has 0 radical (unpaired) electrons. The fourth-order valence-corrected chi connectivity index (χ4v) is 3.04. The van der Waals surface area contributed by atoms with Crippen LogP contribution in [0.4, 0.5) is 11.8 Å². The summed E-state index contributed by atoms with van der Waals surface area (Å²) >= 11 is 0. The third kappa shape index (κ3) is 3.09. The number of aromatic amines is 1. The predicted octanol–water partition coefficient (Wildman–Crippen LogP) is 3.17. The Balaban J connectivity index is 1.83. The van der Waals surface area contributed by atoms with Gasteiger partial charge in [-0.2, -0.15) is 9.97 Å². The van der Waals surface area contributed by atoms with Crippen molar-refractivity contribution in [3.8, 4) is 0 Å². The quantitative estimate of drug-likeness (QED) is 0.761. The fraction of sp³-hybridized carbons (Fsp3) is 0.667. The molecule has 6 nitrogen and oxygen atoms in total. The Kier molecular flexibility index (Phi) is 4.22. The lowest BCUT2D eigenvalue weighted by atomic mass is 10.00. The maximum atomic E-state index is 4.62. The average molecular weight is 288 g/mol. The van der Waals surface area contributed by atoms with Gasteiger partial charge in [-0.3, -0.25) is 0 Å². The van der Waals surface area contributed by atoms with Crippen molar-refractivity contribution in [3.05, 3.63) is 6.33 Å². The van der Waals surface area contributed by atoms with Crippen molar-refractivity contribution in [3.63, 3.8) is 0 Å². The number of nitrogens with zero attached hydrogens (tertiary/aromatic N) is 3. The second-order valence-corrected chi connectivity index (χ2v) is 5.90. The van der Waals surface area contributed by atoms with Gasteiger partial charge in [0.2, 0.25) is 5.95 Å². The molecule has 3 rings (SSSR count). The van der Waals surface area contributed by atoms with Crippen molar-refractivity contribution >= 4 is 22.9 Å². The standard InChI is InChI=1S/C15H24N6/c1-3-8-16-15-20-13-12(17-9-18-13)14(21-15)19-10(2)11-6-4-5-7-11/h9-11H,3-8H2,1-2H3,(H3,16,17,18,19,20,21). The van der Waals surface area contributed by atoms with Crippen molar-refractivity contribution in [2.24, 2.45) is 5.92 Å². The maximum absolute atomic E-state index is 4.62. The van der Waals surface area contributed by atoms with Crippen LogP contribution in [-0.4, -0.2) is 32.5 Å². The van der Waals surface area contributed by atoms with E-state index < -0.39 is 0 Å². The van der Waals surface area contributed by atoms with Crippen LogP contribution < -0.4 is 10.6 Å². The Labute approximate surface area is 125 Å². The first-order valence-electron chi connectivity index (χ1n) is 7.99. The lowest BCUT2D eigenvalue weighted by Crippen LogP contribution is -2.24. The molecule has 2 aromatic heterocycles. The average Bonchev–Trinajstić information content (AvgIpc) is 3.15. The SMILES string of the molecule is CCCNc1nc(NC(C)C2CCCC2)c2[nH]cnc2n1. The molecule has 0 aliphatic heterocycles. The van der Waals surface area contributed by atoms with E-state index in [9.17, 15) is 0 Å². The topological polar surface area (TPSA) is 78.5 Å². The number of nitrogens with one attached hydrogen (secondary N) is 3. The van der Waals surface area contributed by atoms with E-state index in [1.807, 2.05) is 0 Å². The summed E-state index contributed by atoms with van der Waals surface area (Å²) in [6.07, 6.45) is 8.04. The molecule has 114 valence electrons. The van der Waals surface area contributed by atoms with Gasteiger partial charge in [0.15, 0.2) is 11.5 Å². The molecule has 1 unspecified atom stereocenters. The summed E-state index contributed by atoms with van der Waals surface area (Å²) in [5.74, 6) is 2.25. The fourth-order valence-electron chi connectivity index (χ4n) is 3.04. The van der Waals surface area contributed by atoms with Crippen LogP contribution in [-0.2, 0) is 0 Å². The van der Waals surface area contributed by atoms with Gasteiger partial charge in [-0.05, 0) is 32.1 Å². The summed E-state index contributed by atoms with van der Waals surface area (Å²) in [7, 11) is 0. The number of imidazole rings is 1. The van der Waals surface area contributed by atoms with Gasteiger partial charge in [-0.25, -0.2) is 4.98 Å². The Hall–Kier alpha value is -1.85. The second-order valence-electron chi connectivity index (χ2n) is 5.90. The molecule has 0 spiro atoms. The van der Waals surface area contributed by atoms with Crippen molar-refractivity contribution < 1.29 is 0 Å². The molecule has 1 aliphatic carbocycles. The second kappa shape index (κ2) is 6.28. The van der Waals surface area contributed by atoms with Gasteiger partial charge >= 0.3 is 0 Å². The van der Waals surface area contributed by atoms with Crippen LogP contribution in [0.3, 0.4) is 0 Å². The highest BCUT2D eigenvalue weighted by atomic mass is 15.2. The molecule has 1 aliphatic rings. The first-order valence-corrected chi connectivity index (χ1v) is 7.99. The molecule has 0 saturated heterocycles. The van der Waals surface area contributed by atoms with Crippen LogP contribution in [0, 0.1) is 5.92 Å². The number of hydrogen-bond acceptors (Lipinski definition) is 5. The lowest BCUT2D eigenvalue weighted by molar-refractivity contribution is 0.481. The van der Waals surface area contributed by atoms with Crippen molar-refractivity contribution in [1.29, 1.82) is 0 Å². The van der Waals surface area contributed by atoms with Gasteiger partial charge in [0.05, 0.1) is 6.33 Å². The van der Waals surface area contributed by atoms with Crippen molar-refractivity contribution in [1.82, 2.24) is 19.9 Å². The van der Waals surface area contributed by atoms with Gasteiger partial charge in [-0.1, -0.05) is 19.8 Å². The zero-order valence-electron chi connectivity index (χ0n) is 12.8. The maximum Gasteiger partial charge on any atom is 0.226 e. The zero-order chi connectivity index (χ0) is 14.7. The number of fused-ring (bicyclic) bond motifs is 1. The summed E-state index contributed by atoms with van der Waals surface area (Å²) in [4.78, 5) is 16.5. The number of hydrogen-bond donors (Lipinski definition) is 3. The van der Waals surface area contributed by atoms with Gasteiger partial charge in [0.25, 0.3) is 0 Å². The minimum absolute atomic E-state index is 0.424. The Morgan fingerprint density at radius 2 is 2.14 bits per heavy atom. The molecule has 0 bridgehead atoms. The third-order valence-electron chi connectivity index (χ3n) is 4.29. The lowest BCUT2D eigenvalue weighted by Gasteiger charge is -2.21. The largest absolute Gasteiger partial charge is 0.365 e. The molecule has 6 heteroatoms. The summed E-state index contributed by atoms with van der Waals surface area (Å²) in [5, 5.41) is 6.81. The number of aromatic nitrogens is 4. The minimum Gasteiger partial charge on any atom is -0.365 e. The molecule has 2 heterocycles. The highest BCUT2D eigenvalue weighted by Crippen LogP contribution is 2.30. The number of anilines is 2. The summed E-state index contributed by atoms with van der Waals surface area (Å²) in [6.45, 7) is 5.24. The normalized spacial score (nSPS) is 17.2. The van der Waals surface area contributed by atoms with E-state index in [1.54, 1.807) is 6.33 Å². The highest BCUT2D eigenvalue weighted by Gasteiger charge is 2.22. The van der Waals surface area contributed by atoms with E-state index in [0.717, 1.165) is 30.2 Å². The first kappa shape index (κ1) is 14.1. The molecule has 2 aromatic rings. The van der Waals surface area contributed by atoms with E-state index in [0.29, 0.717) is 17.6 Å². The van der Waals surface area contributed by atoms with E-state index in [1.165, 1.54) is 25.7 Å². The molecule has 3 N–H and O–H groups in total. The monoisotopic (exact) mass is 288 g/mol. The van der Waals surface area contributed by atoms with Crippen LogP contribution in [0.2, 0.25) is 0 Å². The van der Waals surface area contributed by atoms with Gasteiger partial charge in [-0.15, -0.1) is 0 Å². The summed E-state index contributed by atoms with van der Waals surface area (Å²) < 4.78 is 0. The molecule has 1 atom stereocenters. The molecular formula is C15H24N6. The van der Waals surface area contributed by atoms with Gasteiger partial charge in [0, 0.05) is 12.6 Å². The van der Waals surface area contributed by atoms with Crippen LogP contribution >= 0.6 is 0 Å². The number of rotatable bonds is 6.